The van der Waals surface area contributed by atoms with E-state index in [1.165, 1.54) is 5.56 Å². The quantitative estimate of drug-likeness (QED) is 0.930. The molecule has 1 unspecified atom stereocenters. The van der Waals surface area contributed by atoms with Crippen LogP contribution in [-0.4, -0.2) is 42.1 Å². The Bertz CT molecular complexity index is 494. The Morgan fingerprint density at radius 2 is 2.00 bits per heavy atom. The van der Waals surface area contributed by atoms with Crippen LogP contribution in [0.4, 0.5) is 0 Å². The summed E-state index contributed by atoms with van der Waals surface area (Å²) in [4.78, 5) is 14.5. The molecule has 2 rings (SSSR count). The van der Waals surface area contributed by atoms with Crippen molar-refractivity contribution in [1.29, 1.82) is 0 Å². The van der Waals surface area contributed by atoms with Gasteiger partial charge in [-0.3, -0.25) is 4.79 Å². The average Bonchev–Trinajstić information content (AvgIpc) is 2.44. The van der Waals surface area contributed by atoms with Gasteiger partial charge in [-0.1, -0.05) is 26.0 Å². The maximum absolute atomic E-state index is 12.7. The molecule has 4 heteroatoms. The molecular formula is C17H26N2O2. The van der Waals surface area contributed by atoms with Crippen LogP contribution < -0.4 is 5.73 Å². The topological polar surface area (TPSA) is 55.6 Å². The third kappa shape index (κ3) is 3.83. The zero-order valence-electron chi connectivity index (χ0n) is 13.4. The van der Waals surface area contributed by atoms with E-state index in [0.29, 0.717) is 25.6 Å². The van der Waals surface area contributed by atoms with Gasteiger partial charge in [-0.25, -0.2) is 0 Å². The molecule has 0 bridgehead atoms. The number of carbonyl (C=O) groups excluding carboxylic acids is 1. The number of nitrogens with two attached hydrogens (primary N) is 1. The molecule has 2 N–H and O–H groups in total. The van der Waals surface area contributed by atoms with Crippen LogP contribution >= 0.6 is 0 Å². The number of amides is 1. The van der Waals surface area contributed by atoms with Crippen LogP contribution in [-0.2, 0) is 4.74 Å². The number of morpholine rings is 1. The summed E-state index contributed by atoms with van der Waals surface area (Å²) in [7, 11) is 0. The summed E-state index contributed by atoms with van der Waals surface area (Å²) in [6.07, 6.45) is -0.0902. The molecule has 116 valence electrons. The lowest BCUT2D eigenvalue weighted by Gasteiger charge is -2.42. The molecule has 1 heterocycles. The molecule has 1 atom stereocenters. The second kappa shape index (κ2) is 6.16. The molecule has 1 saturated heterocycles. The Kier molecular flexibility index (Phi) is 4.69. The second-order valence-electron chi connectivity index (χ2n) is 6.70. The minimum atomic E-state index is -0.351. The molecule has 0 aliphatic carbocycles. The summed E-state index contributed by atoms with van der Waals surface area (Å²) in [5.74, 6) is 0.526. The summed E-state index contributed by atoms with van der Waals surface area (Å²) in [6, 6.07) is 7.89. The molecule has 1 fully saturated rings. The van der Waals surface area contributed by atoms with Gasteiger partial charge in [0.05, 0.1) is 11.7 Å². The SMILES string of the molecule is CC(C)c1ccc(C(=O)N2CC(CN)OC(C)(C)C2)cc1. The van der Waals surface area contributed by atoms with Gasteiger partial charge in [0.15, 0.2) is 0 Å². The number of hydrogen-bond donors (Lipinski definition) is 1. The van der Waals surface area contributed by atoms with E-state index in [1.54, 1.807) is 0 Å². The minimum Gasteiger partial charge on any atom is -0.367 e. The molecule has 1 aliphatic heterocycles. The van der Waals surface area contributed by atoms with Gasteiger partial charge in [-0.2, -0.15) is 0 Å². The molecule has 1 aromatic rings. The molecule has 21 heavy (non-hydrogen) atoms. The first kappa shape index (κ1) is 16.0. The molecule has 4 nitrogen and oxygen atoms in total. The number of hydrogen-bond acceptors (Lipinski definition) is 3. The van der Waals surface area contributed by atoms with Crippen LogP contribution in [0, 0.1) is 0 Å². The largest absolute Gasteiger partial charge is 0.367 e. The van der Waals surface area contributed by atoms with E-state index in [0.717, 1.165) is 5.56 Å². The van der Waals surface area contributed by atoms with Crippen molar-refractivity contribution in [1.82, 2.24) is 4.90 Å². The third-order valence-corrected chi connectivity index (χ3v) is 3.86. The highest BCUT2D eigenvalue weighted by molar-refractivity contribution is 5.94. The van der Waals surface area contributed by atoms with E-state index in [4.69, 9.17) is 10.5 Å². The normalized spacial score (nSPS) is 21.6. The lowest BCUT2D eigenvalue weighted by molar-refractivity contribution is -0.122. The van der Waals surface area contributed by atoms with E-state index >= 15 is 0 Å². The molecular weight excluding hydrogens is 264 g/mol. The fourth-order valence-corrected chi connectivity index (χ4v) is 2.77. The number of ether oxygens (including phenoxy) is 1. The van der Waals surface area contributed by atoms with Crippen molar-refractivity contribution < 1.29 is 9.53 Å². The average molecular weight is 290 g/mol. The maximum Gasteiger partial charge on any atom is 0.254 e. The Morgan fingerprint density at radius 1 is 1.38 bits per heavy atom. The zero-order valence-corrected chi connectivity index (χ0v) is 13.4. The van der Waals surface area contributed by atoms with Crippen LogP contribution in [0.3, 0.4) is 0 Å². The number of benzene rings is 1. The van der Waals surface area contributed by atoms with Crippen molar-refractivity contribution in [3.05, 3.63) is 35.4 Å². The van der Waals surface area contributed by atoms with Gasteiger partial charge < -0.3 is 15.4 Å². The maximum atomic E-state index is 12.7. The molecule has 0 saturated carbocycles. The predicted molar refractivity (Wildman–Crippen MR) is 84.4 cm³/mol. The van der Waals surface area contributed by atoms with E-state index < -0.39 is 0 Å². The van der Waals surface area contributed by atoms with Gasteiger partial charge in [0.2, 0.25) is 0 Å². The first-order valence-corrected chi connectivity index (χ1v) is 7.59. The standard InChI is InChI=1S/C17H26N2O2/c1-12(2)13-5-7-14(8-6-13)16(20)19-10-15(9-18)21-17(3,4)11-19/h5-8,12,15H,9-11,18H2,1-4H3. The van der Waals surface area contributed by atoms with Gasteiger partial charge >= 0.3 is 0 Å². The second-order valence-corrected chi connectivity index (χ2v) is 6.70. The Hall–Kier alpha value is -1.39. The summed E-state index contributed by atoms with van der Waals surface area (Å²) >= 11 is 0. The lowest BCUT2D eigenvalue weighted by atomic mass is 10.0. The highest BCUT2D eigenvalue weighted by Gasteiger charge is 2.35. The van der Waals surface area contributed by atoms with Crippen molar-refractivity contribution in [3.8, 4) is 0 Å². The fraction of sp³-hybridized carbons (Fsp3) is 0.588. The smallest absolute Gasteiger partial charge is 0.254 e. The monoisotopic (exact) mass is 290 g/mol. The van der Waals surface area contributed by atoms with Gasteiger partial charge in [0.25, 0.3) is 5.91 Å². The van der Waals surface area contributed by atoms with E-state index in [1.807, 2.05) is 43.0 Å². The van der Waals surface area contributed by atoms with Crippen LogP contribution in [0.15, 0.2) is 24.3 Å². The fourth-order valence-electron chi connectivity index (χ4n) is 2.77. The van der Waals surface area contributed by atoms with Crippen molar-refractivity contribution in [2.75, 3.05) is 19.6 Å². The number of carbonyl (C=O) groups is 1. The molecule has 0 radical (unpaired) electrons. The van der Waals surface area contributed by atoms with Crippen molar-refractivity contribution >= 4 is 5.91 Å². The Labute approximate surface area is 127 Å². The summed E-state index contributed by atoms with van der Waals surface area (Å²) in [6.45, 7) is 9.87. The minimum absolute atomic E-state index is 0.0557. The molecule has 1 aliphatic rings. The van der Waals surface area contributed by atoms with E-state index in [9.17, 15) is 4.79 Å². The summed E-state index contributed by atoms with van der Waals surface area (Å²) in [5.41, 5.74) is 7.34. The molecule has 0 aromatic heterocycles. The highest BCUT2D eigenvalue weighted by atomic mass is 16.5. The first-order chi connectivity index (χ1) is 9.82. The van der Waals surface area contributed by atoms with Crippen molar-refractivity contribution in [2.45, 2.75) is 45.3 Å². The summed E-state index contributed by atoms with van der Waals surface area (Å²) in [5, 5.41) is 0. The van der Waals surface area contributed by atoms with Crippen LogP contribution in [0.25, 0.3) is 0 Å². The first-order valence-electron chi connectivity index (χ1n) is 7.59. The Balaban J connectivity index is 2.14. The molecule has 1 amide bonds. The van der Waals surface area contributed by atoms with Gasteiger partial charge in [-0.05, 0) is 37.5 Å². The van der Waals surface area contributed by atoms with E-state index in [-0.39, 0.29) is 17.6 Å². The highest BCUT2D eigenvalue weighted by Crippen LogP contribution is 2.23. The van der Waals surface area contributed by atoms with E-state index in [2.05, 4.69) is 13.8 Å². The number of rotatable bonds is 3. The number of nitrogens with zero attached hydrogens (tertiary/aromatic N) is 1. The van der Waals surface area contributed by atoms with Crippen LogP contribution in [0.1, 0.15) is 49.5 Å². The van der Waals surface area contributed by atoms with Gasteiger partial charge in [0.1, 0.15) is 0 Å². The zero-order chi connectivity index (χ0) is 15.6. The molecule has 1 aromatic carbocycles. The lowest BCUT2D eigenvalue weighted by Crippen LogP contribution is -2.56. The summed E-state index contributed by atoms with van der Waals surface area (Å²) < 4.78 is 5.87. The molecule has 0 spiro atoms. The van der Waals surface area contributed by atoms with Crippen LogP contribution in [0.5, 0.6) is 0 Å². The van der Waals surface area contributed by atoms with Gasteiger partial charge in [-0.15, -0.1) is 0 Å². The Morgan fingerprint density at radius 3 is 2.52 bits per heavy atom. The van der Waals surface area contributed by atoms with Crippen LogP contribution in [0.2, 0.25) is 0 Å². The predicted octanol–water partition coefficient (Wildman–Crippen LogP) is 2.39. The third-order valence-electron chi connectivity index (χ3n) is 3.86. The van der Waals surface area contributed by atoms with Crippen molar-refractivity contribution in [2.24, 2.45) is 5.73 Å². The van der Waals surface area contributed by atoms with Gasteiger partial charge in [0, 0.05) is 25.2 Å². The van der Waals surface area contributed by atoms with Crippen molar-refractivity contribution in [3.63, 3.8) is 0 Å².